The fourth-order valence-electron chi connectivity index (χ4n) is 2.76. The molecule has 0 atom stereocenters. The number of fused-ring (bicyclic) bond motifs is 1. The van der Waals surface area contributed by atoms with Crippen molar-refractivity contribution in [1.29, 1.82) is 0 Å². The summed E-state index contributed by atoms with van der Waals surface area (Å²) in [5, 5.41) is 10.3. The van der Waals surface area contributed by atoms with Gasteiger partial charge < -0.3 is 9.32 Å². The molecule has 0 N–H and O–H groups in total. The number of aromatic nitrogens is 2. The van der Waals surface area contributed by atoms with Crippen molar-refractivity contribution in [3.05, 3.63) is 53.2 Å². The summed E-state index contributed by atoms with van der Waals surface area (Å²) in [7, 11) is 0. The summed E-state index contributed by atoms with van der Waals surface area (Å²) in [4.78, 5) is 3.35. The molecule has 4 rings (SSSR count). The Bertz CT molecular complexity index is 736. The van der Waals surface area contributed by atoms with Crippen LogP contribution < -0.4 is 4.90 Å². The van der Waals surface area contributed by atoms with Gasteiger partial charge in [-0.15, -0.1) is 21.5 Å². The van der Waals surface area contributed by atoms with Crippen molar-refractivity contribution in [3.63, 3.8) is 0 Å². The highest BCUT2D eigenvalue weighted by molar-refractivity contribution is 7.13. The molecule has 0 saturated carbocycles. The van der Waals surface area contributed by atoms with Crippen LogP contribution in [0.25, 0.3) is 10.8 Å². The summed E-state index contributed by atoms with van der Waals surface area (Å²) in [6.45, 7) is 1.71. The minimum atomic E-state index is 0.616. The predicted molar refractivity (Wildman–Crippen MR) is 83.4 cm³/mol. The van der Waals surface area contributed by atoms with E-state index >= 15 is 0 Å². The normalized spacial score (nSPS) is 14.2. The molecule has 0 aliphatic carbocycles. The first kappa shape index (κ1) is 12.6. The number of thiophene rings is 1. The Kier molecular flexibility index (Phi) is 3.20. The Morgan fingerprint density at radius 2 is 2.10 bits per heavy atom. The van der Waals surface area contributed by atoms with Gasteiger partial charge in [0, 0.05) is 12.2 Å². The maximum atomic E-state index is 5.79. The number of hydrogen-bond donors (Lipinski definition) is 0. The molecule has 1 aliphatic rings. The molecule has 1 aliphatic heterocycles. The van der Waals surface area contributed by atoms with Crippen molar-refractivity contribution in [2.24, 2.45) is 0 Å². The molecule has 0 saturated heterocycles. The van der Waals surface area contributed by atoms with Crippen LogP contribution in [0.1, 0.15) is 17.9 Å². The first-order chi connectivity index (χ1) is 10.4. The first-order valence-corrected chi connectivity index (χ1v) is 7.97. The lowest BCUT2D eigenvalue weighted by atomic mass is 10.0. The Labute approximate surface area is 127 Å². The highest BCUT2D eigenvalue weighted by Crippen LogP contribution is 2.29. The third-order valence-electron chi connectivity index (χ3n) is 3.73. The van der Waals surface area contributed by atoms with Gasteiger partial charge in [0.15, 0.2) is 0 Å². The summed E-state index contributed by atoms with van der Waals surface area (Å²) in [6.07, 6.45) is 2.32. The zero-order valence-corrected chi connectivity index (χ0v) is 12.3. The van der Waals surface area contributed by atoms with E-state index in [1.165, 1.54) is 17.7 Å². The fourth-order valence-corrected chi connectivity index (χ4v) is 3.40. The van der Waals surface area contributed by atoms with Gasteiger partial charge in [0.1, 0.15) is 0 Å². The van der Waals surface area contributed by atoms with Gasteiger partial charge in [0.05, 0.1) is 11.4 Å². The number of anilines is 1. The third kappa shape index (κ3) is 2.45. The van der Waals surface area contributed by atoms with Gasteiger partial charge in [-0.1, -0.05) is 24.3 Å². The molecule has 2 aromatic heterocycles. The van der Waals surface area contributed by atoms with Crippen LogP contribution in [-0.4, -0.2) is 16.7 Å². The van der Waals surface area contributed by atoms with Crippen LogP contribution in [0.4, 0.5) is 5.69 Å². The van der Waals surface area contributed by atoms with Crippen LogP contribution in [0.15, 0.2) is 46.2 Å². The highest BCUT2D eigenvalue weighted by atomic mass is 32.1. The van der Waals surface area contributed by atoms with Gasteiger partial charge in [0.2, 0.25) is 5.89 Å². The van der Waals surface area contributed by atoms with E-state index in [0.717, 1.165) is 17.8 Å². The Hall–Kier alpha value is -2.14. The second-order valence-corrected chi connectivity index (χ2v) is 6.08. The average Bonchev–Trinajstić information content (AvgIpc) is 3.18. The lowest BCUT2D eigenvalue weighted by Crippen LogP contribution is -2.28. The van der Waals surface area contributed by atoms with E-state index in [9.17, 15) is 0 Å². The van der Waals surface area contributed by atoms with Crippen molar-refractivity contribution in [3.8, 4) is 10.8 Å². The van der Waals surface area contributed by atoms with E-state index in [2.05, 4.69) is 39.4 Å². The monoisotopic (exact) mass is 297 g/mol. The van der Waals surface area contributed by atoms with Crippen LogP contribution in [0.2, 0.25) is 0 Å². The van der Waals surface area contributed by atoms with Gasteiger partial charge in [0.25, 0.3) is 5.89 Å². The molecule has 0 spiro atoms. The van der Waals surface area contributed by atoms with E-state index in [1.54, 1.807) is 11.3 Å². The van der Waals surface area contributed by atoms with Crippen LogP contribution >= 0.6 is 11.3 Å². The van der Waals surface area contributed by atoms with Crippen LogP contribution in [-0.2, 0) is 13.0 Å². The quantitative estimate of drug-likeness (QED) is 0.738. The average molecular weight is 297 g/mol. The molecule has 4 nitrogen and oxygen atoms in total. The molecule has 0 unspecified atom stereocenters. The molecule has 21 heavy (non-hydrogen) atoms. The topological polar surface area (TPSA) is 42.2 Å². The van der Waals surface area contributed by atoms with Crippen molar-refractivity contribution in [2.45, 2.75) is 19.4 Å². The number of nitrogens with zero attached hydrogens (tertiary/aromatic N) is 3. The van der Waals surface area contributed by atoms with Crippen molar-refractivity contribution in [2.75, 3.05) is 11.4 Å². The van der Waals surface area contributed by atoms with Crippen LogP contribution in [0.5, 0.6) is 0 Å². The first-order valence-electron chi connectivity index (χ1n) is 7.09. The molecule has 3 heterocycles. The van der Waals surface area contributed by atoms with Gasteiger partial charge in [-0.05, 0) is 35.9 Å². The molecule has 0 fully saturated rings. The minimum Gasteiger partial charge on any atom is -0.418 e. The molecule has 0 bridgehead atoms. The molecular formula is C16H15N3OS. The molecule has 106 valence electrons. The standard InChI is InChI=1S/C16H15N3OS/c1-2-7-13-12(5-1)6-3-9-19(13)11-15-17-18-16(20-15)14-8-4-10-21-14/h1-2,4-5,7-8,10H,3,6,9,11H2. The largest absolute Gasteiger partial charge is 0.418 e. The number of rotatable bonds is 3. The summed E-state index contributed by atoms with van der Waals surface area (Å²) in [5.41, 5.74) is 2.70. The number of hydrogen-bond acceptors (Lipinski definition) is 5. The van der Waals surface area contributed by atoms with E-state index < -0.39 is 0 Å². The van der Waals surface area contributed by atoms with Gasteiger partial charge >= 0.3 is 0 Å². The fraction of sp³-hybridized carbons (Fsp3) is 0.250. The zero-order valence-electron chi connectivity index (χ0n) is 11.5. The van der Waals surface area contributed by atoms with Gasteiger partial charge in [-0.3, -0.25) is 0 Å². The van der Waals surface area contributed by atoms with Crippen molar-refractivity contribution < 1.29 is 4.42 Å². The molecule has 3 aromatic rings. The number of para-hydroxylation sites is 1. The van der Waals surface area contributed by atoms with Gasteiger partial charge in [-0.2, -0.15) is 0 Å². The zero-order chi connectivity index (χ0) is 14.1. The summed E-state index contributed by atoms with van der Waals surface area (Å²) >= 11 is 1.61. The third-order valence-corrected chi connectivity index (χ3v) is 4.59. The predicted octanol–water partition coefficient (Wildman–Crippen LogP) is 3.75. The lowest BCUT2D eigenvalue weighted by Gasteiger charge is -2.29. The van der Waals surface area contributed by atoms with Crippen molar-refractivity contribution >= 4 is 17.0 Å². The maximum absolute atomic E-state index is 5.79. The summed E-state index contributed by atoms with van der Waals surface area (Å²) in [5.74, 6) is 1.29. The Morgan fingerprint density at radius 3 is 3.00 bits per heavy atom. The molecule has 5 heteroatoms. The lowest BCUT2D eigenvalue weighted by molar-refractivity contribution is 0.494. The van der Waals surface area contributed by atoms with E-state index in [4.69, 9.17) is 4.42 Å². The molecular weight excluding hydrogens is 282 g/mol. The Morgan fingerprint density at radius 1 is 1.14 bits per heavy atom. The molecule has 1 aromatic carbocycles. The van der Waals surface area contributed by atoms with Crippen LogP contribution in [0, 0.1) is 0 Å². The Balaban J connectivity index is 1.57. The van der Waals surface area contributed by atoms with E-state index in [1.807, 2.05) is 17.5 Å². The van der Waals surface area contributed by atoms with Crippen LogP contribution in [0.3, 0.4) is 0 Å². The second kappa shape index (κ2) is 5.33. The molecule has 0 amide bonds. The SMILES string of the molecule is c1csc(-c2nnc(CN3CCCc4ccccc43)o2)c1. The summed E-state index contributed by atoms with van der Waals surface area (Å²) < 4.78 is 5.79. The minimum absolute atomic E-state index is 0.616. The number of aryl methyl sites for hydroxylation is 1. The smallest absolute Gasteiger partial charge is 0.257 e. The summed E-state index contributed by atoms with van der Waals surface area (Å²) in [6, 6.07) is 12.5. The maximum Gasteiger partial charge on any atom is 0.257 e. The second-order valence-electron chi connectivity index (χ2n) is 5.13. The van der Waals surface area contributed by atoms with Crippen molar-refractivity contribution in [1.82, 2.24) is 10.2 Å². The number of benzene rings is 1. The van der Waals surface area contributed by atoms with E-state index in [0.29, 0.717) is 18.3 Å². The highest BCUT2D eigenvalue weighted by Gasteiger charge is 2.19. The molecule has 0 radical (unpaired) electrons. The van der Waals surface area contributed by atoms with Gasteiger partial charge in [-0.25, -0.2) is 0 Å². The van der Waals surface area contributed by atoms with E-state index in [-0.39, 0.29) is 0 Å².